The van der Waals surface area contributed by atoms with Gasteiger partial charge in [0, 0.05) is 28.1 Å². The highest BCUT2D eigenvalue weighted by atomic mass is 79.9. The number of rotatable bonds is 9. The molecule has 29 heavy (non-hydrogen) atoms. The van der Waals surface area contributed by atoms with Crippen LogP contribution >= 0.6 is 15.9 Å². The molecule has 10 nitrogen and oxygen atoms in total. The molecule has 11 heteroatoms. The first-order valence-corrected chi connectivity index (χ1v) is 9.16. The first-order chi connectivity index (χ1) is 13.9. The van der Waals surface area contributed by atoms with Crippen molar-refractivity contribution < 1.29 is 19.5 Å². The molecule has 1 heterocycles. The quantitative estimate of drug-likeness (QED) is 0.162. The molecule has 0 aliphatic rings. The van der Waals surface area contributed by atoms with Crippen molar-refractivity contribution in [1.82, 2.24) is 15.6 Å². The molecule has 0 saturated heterocycles. The molecule has 1 unspecified atom stereocenters. The van der Waals surface area contributed by atoms with Gasteiger partial charge in [-0.25, -0.2) is 0 Å². The number of anilines is 1. The maximum absolute atomic E-state index is 12.3. The summed E-state index contributed by atoms with van der Waals surface area (Å²) in [6.45, 7) is -0.321. The number of nitrogens with zero attached hydrogens (tertiary/aromatic N) is 2. The average Bonchev–Trinajstić information content (AvgIpc) is 2.70. The van der Waals surface area contributed by atoms with Gasteiger partial charge in [0.15, 0.2) is 0 Å². The van der Waals surface area contributed by atoms with E-state index in [2.05, 4.69) is 42.0 Å². The average molecular weight is 463 g/mol. The molecule has 1 aromatic carbocycles. The van der Waals surface area contributed by atoms with Gasteiger partial charge >= 0.3 is 5.97 Å². The summed E-state index contributed by atoms with van der Waals surface area (Å²) in [7, 11) is 0. The van der Waals surface area contributed by atoms with Crippen LogP contribution in [0.25, 0.3) is 0 Å². The van der Waals surface area contributed by atoms with E-state index >= 15 is 0 Å². The number of nitrogens with one attached hydrogen (secondary N) is 3. The third kappa shape index (κ3) is 7.22. The minimum absolute atomic E-state index is 0.321. The summed E-state index contributed by atoms with van der Waals surface area (Å²) >= 11 is 3.26. The predicted molar refractivity (Wildman–Crippen MR) is 110 cm³/mol. The highest BCUT2D eigenvalue weighted by Gasteiger charge is 2.19. The van der Waals surface area contributed by atoms with E-state index in [1.165, 1.54) is 12.5 Å². The van der Waals surface area contributed by atoms with Gasteiger partial charge in [0.1, 0.15) is 6.34 Å². The number of benzene rings is 1. The molecule has 2 aromatic rings. The van der Waals surface area contributed by atoms with E-state index in [0.717, 1.165) is 0 Å². The largest absolute Gasteiger partial charge is 0.481 e. The van der Waals surface area contributed by atoms with Gasteiger partial charge in [0.05, 0.1) is 19.0 Å². The second-order valence-electron chi connectivity index (χ2n) is 5.84. The lowest BCUT2D eigenvalue weighted by atomic mass is 10.1. The van der Waals surface area contributed by atoms with E-state index in [9.17, 15) is 14.4 Å². The Labute approximate surface area is 174 Å². The second-order valence-corrected chi connectivity index (χ2v) is 6.76. The number of aliphatic carboxylic acids is 1. The molecule has 0 bridgehead atoms. The third-order valence-corrected chi connectivity index (χ3v) is 4.12. The zero-order valence-corrected chi connectivity index (χ0v) is 16.7. The van der Waals surface area contributed by atoms with Crippen molar-refractivity contribution in [1.29, 1.82) is 0 Å². The molecular weight excluding hydrogens is 444 g/mol. The number of pyridine rings is 1. The molecule has 0 aliphatic carbocycles. The number of carboxylic acid groups (broad SMARTS) is 1. The molecule has 0 radical (unpaired) electrons. The number of carbonyl (C=O) groups excluding carboxylic acids is 2. The molecule has 6 N–H and O–H groups in total. The summed E-state index contributed by atoms with van der Waals surface area (Å²) in [6, 6.07) is 7.40. The normalized spacial score (nSPS) is 11.6. The minimum atomic E-state index is -1.08. The van der Waals surface area contributed by atoms with Crippen LogP contribution in [0, 0.1) is 0 Å². The molecule has 152 valence electrons. The summed E-state index contributed by atoms with van der Waals surface area (Å²) in [4.78, 5) is 39.6. The standard InChI is InChI=1S/C18H19BrN6O4/c19-13-4-12(7-21-8-13)15(6-17(27)28)25-16(26)9-22-18(29)11-2-1-3-14(5-11)23-10-24-20/h1-5,7-8,10,15H,6,9,20H2,(H,22,29)(H,23,24)(H,25,26)(H,27,28). The lowest BCUT2D eigenvalue weighted by molar-refractivity contribution is -0.137. The van der Waals surface area contributed by atoms with E-state index in [-0.39, 0.29) is 13.0 Å². The van der Waals surface area contributed by atoms with Crippen molar-refractivity contribution >= 4 is 45.7 Å². The monoisotopic (exact) mass is 462 g/mol. The number of aromatic nitrogens is 1. The fourth-order valence-corrected chi connectivity index (χ4v) is 2.80. The lowest BCUT2D eigenvalue weighted by Crippen LogP contribution is -2.39. The van der Waals surface area contributed by atoms with Crippen molar-refractivity contribution in [2.75, 3.05) is 11.9 Å². The Morgan fingerprint density at radius 3 is 2.76 bits per heavy atom. The minimum Gasteiger partial charge on any atom is -0.481 e. The number of nitrogens with two attached hydrogens (primary N) is 1. The van der Waals surface area contributed by atoms with Crippen molar-refractivity contribution in [3.8, 4) is 0 Å². The number of carboxylic acids is 1. The number of hydrogen-bond donors (Lipinski definition) is 5. The maximum atomic E-state index is 12.3. The Morgan fingerprint density at radius 1 is 1.28 bits per heavy atom. The van der Waals surface area contributed by atoms with E-state index in [1.807, 2.05) is 0 Å². The fourth-order valence-electron chi connectivity index (χ4n) is 2.42. The topological polar surface area (TPSA) is 159 Å². The molecule has 2 rings (SSSR count). The zero-order chi connectivity index (χ0) is 21.2. The number of hydrogen-bond acceptors (Lipinski definition) is 6. The van der Waals surface area contributed by atoms with Crippen LogP contribution in [0.3, 0.4) is 0 Å². The van der Waals surface area contributed by atoms with Gasteiger partial charge in [-0.3, -0.25) is 19.4 Å². The number of amides is 2. The molecule has 2 amide bonds. The second kappa shape index (κ2) is 10.8. The van der Waals surface area contributed by atoms with Gasteiger partial charge in [0.25, 0.3) is 5.91 Å². The number of halogens is 1. The van der Waals surface area contributed by atoms with Crippen LogP contribution in [-0.4, -0.2) is 40.8 Å². The fraction of sp³-hybridized carbons (Fsp3) is 0.167. The van der Waals surface area contributed by atoms with Gasteiger partial charge in [-0.2, -0.15) is 5.10 Å². The molecule has 0 spiro atoms. The Morgan fingerprint density at radius 2 is 2.07 bits per heavy atom. The molecular formula is C18H19BrN6O4. The van der Waals surface area contributed by atoms with E-state index < -0.39 is 23.8 Å². The van der Waals surface area contributed by atoms with Gasteiger partial charge in [-0.1, -0.05) is 6.07 Å². The molecule has 0 saturated carbocycles. The van der Waals surface area contributed by atoms with E-state index in [0.29, 0.717) is 21.3 Å². The van der Waals surface area contributed by atoms with Gasteiger partial charge in [0.2, 0.25) is 5.91 Å². The lowest BCUT2D eigenvalue weighted by Gasteiger charge is -2.17. The van der Waals surface area contributed by atoms with Crippen LogP contribution in [0.15, 0.2) is 52.3 Å². The highest BCUT2D eigenvalue weighted by Crippen LogP contribution is 2.19. The summed E-state index contributed by atoms with van der Waals surface area (Å²) in [5, 5.41) is 20.3. The molecule has 0 fully saturated rings. The van der Waals surface area contributed by atoms with Crippen molar-refractivity contribution in [3.05, 3.63) is 58.3 Å². The van der Waals surface area contributed by atoms with Crippen molar-refractivity contribution in [2.45, 2.75) is 12.5 Å². The number of carbonyl (C=O) groups is 3. The van der Waals surface area contributed by atoms with Gasteiger partial charge < -0.3 is 26.9 Å². The molecule has 0 aliphatic heterocycles. The van der Waals surface area contributed by atoms with Crippen molar-refractivity contribution in [2.24, 2.45) is 10.9 Å². The zero-order valence-electron chi connectivity index (χ0n) is 15.1. The summed E-state index contributed by atoms with van der Waals surface area (Å²) in [5.74, 6) is 2.94. The van der Waals surface area contributed by atoms with Crippen molar-refractivity contribution in [3.63, 3.8) is 0 Å². The van der Waals surface area contributed by atoms with Crippen LogP contribution in [0.4, 0.5) is 5.69 Å². The Bertz CT molecular complexity index is 921. The first-order valence-electron chi connectivity index (χ1n) is 8.37. The Balaban J connectivity index is 1.98. The van der Waals surface area contributed by atoms with Gasteiger partial charge in [-0.05, 0) is 45.8 Å². The Kier molecular flexibility index (Phi) is 8.10. The van der Waals surface area contributed by atoms with Crippen LogP contribution < -0.4 is 21.8 Å². The Hall–Kier alpha value is -3.47. The van der Waals surface area contributed by atoms with Crippen LogP contribution in [0.5, 0.6) is 0 Å². The van der Waals surface area contributed by atoms with Crippen LogP contribution in [-0.2, 0) is 9.59 Å². The van der Waals surface area contributed by atoms with Crippen LogP contribution in [0.1, 0.15) is 28.4 Å². The predicted octanol–water partition coefficient (Wildman–Crippen LogP) is 1.22. The number of hydrazone groups is 1. The van der Waals surface area contributed by atoms with Crippen LogP contribution in [0.2, 0.25) is 0 Å². The molecule has 1 atom stereocenters. The van der Waals surface area contributed by atoms with Gasteiger partial charge in [-0.15, -0.1) is 0 Å². The third-order valence-electron chi connectivity index (χ3n) is 3.68. The highest BCUT2D eigenvalue weighted by molar-refractivity contribution is 9.10. The van der Waals surface area contributed by atoms with E-state index in [4.69, 9.17) is 10.9 Å². The summed E-state index contributed by atoms with van der Waals surface area (Å²) < 4.78 is 0.654. The SMILES string of the molecule is NN=CNc1cccc(C(=O)NCC(=O)NC(CC(=O)O)c2cncc(Br)c2)c1. The smallest absolute Gasteiger partial charge is 0.305 e. The first kappa shape index (κ1) is 21.8. The summed E-state index contributed by atoms with van der Waals surface area (Å²) in [6.07, 6.45) is 3.96. The van der Waals surface area contributed by atoms with E-state index in [1.54, 1.807) is 36.5 Å². The molecule has 1 aromatic heterocycles. The maximum Gasteiger partial charge on any atom is 0.305 e. The summed E-state index contributed by atoms with van der Waals surface area (Å²) in [5.41, 5.74) is 1.45.